The molecule has 4 rings (SSSR count). The summed E-state index contributed by atoms with van der Waals surface area (Å²) < 4.78 is 27.2. The van der Waals surface area contributed by atoms with Gasteiger partial charge in [-0.05, 0) is 44.0 Å². The standard InChI is InChI=1S/C21H24N4O4S2/c1-2-24(14-18-22-17-8-4-3-7-16(17)21(27)23-18)19(26)13-15-9-10-20(30-15)31(28,29)25-11-5-6-12-25/h3-4,7-10H,2,5-6,11-14H2,1H3,(H,22,23,27). The minimum absolute atomic E-state index is 0.103. The van der Waals surface area contributed by atoms with Gasteiger partial charge < -0.3 is 9.88 Å². The Hall–Kier alpha value is -2.56. The number of hydrogen-bond donors (Lipinski definition) is 1. The molecule has 1 aromatic carbocycles. The van der Waals surface area contributed by atoms with Crippen molar-refractivity contribution < 1.29 is 13.2 Å². The number of H-pyrrole nitrogens is 1. The Balaban J connectivity index is 1.48. The van der Waals surface area contributed by atoms with Crippen LogP contribution in [0.5, 0.6) is 0 Å². The Kier molecular flexibility index (Phi) is 6.22. The highest BCUT2D eigenvalue weighted by molar-refractivity contribution is 7.91. The number of likely N-dealkylation sites (N-methyl/N-ethyl adjacent to an activating group) is 1. The number of rotatable bonds is 7. The van der Waals surface area contributed by atoms with Crippen molar-refractivity contribution in [2.45, 2.75) is 36.9 Å². The molecule has 3 aromatic rings. The van der Waals surface area contributed by atoms with Crippen LogP contribution in [0.3, 0.4) is 0 Å². The van der Waals surface area contributed by atoms with E-state index in [0.29, 0.717) is 41.2 Å². The van der Waals surface area contributed by atoms with E-state index < -0.39 is 10.0 Å². The van der Waals surface area contributed by atoms with E-state index >= 15 is 0 Å². The van der Waals surface area contributed by atoms with E-state index in [2.05, 4.69) is 9.97 Å². The lowest BCUT2D eigenvalue weighted by Gasteiger charge is -2.20. The number of nitrogens with one attached hydrogen (secondary N) is 1. The molecular formula is C21H24N4O4S2. The fourth-order valence-corrected chi connectivity index (χ4v) is 6.69. The lowest BCUT2D eigenvalue weighted by molar-refractivity contribution is -0.130. The van der Waals surface area contributed by atoms with E-state index in [-0.39, 0.29) is 28.6 Å². The molecule has 0 bridgehead atoms. The Labute approximate surface area is 184 Å². The summed E-state index contributed by atoms with van der Waals surface area (Å²) in [4.78, 5) is 34.6. The van der Waals surface area contributed by atoms with Gasteiger partial charge in [0.2, 0.25) is 5.91 Å². The molecule has 2 aromatic heterocycles. The number of nitrogens with zero attached hydrogens (tertiary/aromatic N) is 3. The van der Waals surface area contributed by atoms with Crippen molar-refractivity contribution in [3.8, 4) is 0 Å². The molecule has 31 heavy (non-hydrogen) atoms. The highest BCUT2D eigenvalue weighted by Gasteiger charge is 2.29. The molecule has 1 aliphatic rings. The predicted octanol–water partition coefficient (Wildman–Crippen LogP) is 2.36. The third-order valence-electron chi connectivity index (χ3n) is 5.36. The van der Waals surface area contributed by atoms with Gasteiger partial charge >= 0.3 is 0 Å². The van der Waals surface area contributed by atoms with Gasteiger partial charge in [-0.15, -0.1) is 11.3 Å². The summed E-state index contributed by atoms with van der Waals surface area (Å²) in [7, 11) is -3.48. The predicted molar refractivity (Wildman–Crippen MR) is 119 cm³/mol. The van der Waals surface area contributed by atoms with Crippen LogP contribution in [-0.4, -0.2) is 53.1 Å². The molecule has 0 aliphatic carbocycles. The van der Waals surface area contributed by atoms with E-state index in [4.69, 9.17) is 0 Å². The van der Waals surface area contributed by atoms with Crippen LogP contribution in [0.4, 0.5) is 0 Å². The summed E-state index contributed by atoms with van der Waals surface area (Å²) in [5.74, 6) is 0.271. The number of aromatic amines is 1. The van der Waals surface area contributed by atoms with Crippen LogP contribution in [0.1, 0.15) is 30.5 Å². The van der Waals surface area contributed by atoms with Gasteiger partial charge in [0.25, 0.3) is 15.6 Å². The number of benzene rings is 1. The molecule has 1 aliphatic heterocycles. The lowest BCUT2D eigenvalue weighted by atomic mass is 10.2. The normalized spacial score (nSPS) is 14.9. The van der Waals surface area contributed by atoms with Crippen LogP contribution in [-0.2, 0) is 27.8 Å². The number of para-hydroxylation sites is 1. The Bertz CT molecular complexity index is 1260. The van der Waals surface area contributed by atoms with Gasteiger partial charge in [-0.2, -0.15) is 4.31 Å². The highest BCUT2D eigenvalue weighted by atomic mass is 32.2. The van der Waals surface area contributed by atoms with Gasteiger partial charge in [0.1, 0.15) is 10.0 Å². The maximum Gasteiger partial charge on any atom is 0.258 e. The molecule has 0 spiro atoms. The second kappa shape index (κ2) is 8.89. The van der Waals surface area contributed by atoms with Crippen molar-refractivity contribution >= 4 is 38.2 Å². The summed E-state index contributed by atoms with van der Waals surface area (Å²) in [5.41, 5.74) is 0.346. The van der Waals surface area contributed by atoms with Crippen molar-refractivity contribution in [2.75, 3.05) is 19.6 Å². The molecule has 1 amide bonds. The van der Waals surface area contributed by atoms with E-state index in [1.807, 2.05) is 13.0 Å². The smallest absolute Gasteiger partial charge is 0.258 e. The van der Waals surface area contributed by atoms with Gasteiger partial charge in [0, 0.05) is 24.5 Å². The first-order chi connectivity index (χ1) is 14.9. The number of thiophene rings is 1. The minimum Gasteiger partial charge on any atom is -0.335 e. The molecule has 0 saturated carbocycles. The number of carbonyl (C=O) groups is 1. The third-order valence-corrected chi connectivity index (χ3v) is 8.81. The quantitative estimate of drug-likeness (QED) is 0.583. The fourth-order valence-electron chi connectivity index (χ4n) is 3.68. The number of hydrogen-bond acceptors (Lipinski definition) is 6. The Morgan fingerprint density at radius 3 is 2.68 bits per heavy atom. The third kappa shape index (κ3) is 4.56. The lowest BCUT2D eigenvalue weighted by Crippen LogP contribution is -2.33. The summed E-state index contributed by atoms with van der Waals surface area (Å²) in [5, 5.41) is 0.506. The topological polar surface area (TPSA) is 103 Å². The molecule has 8 nitrogen and oxygen atoms in total. The first-order valence-electron chi connectivity index (χ1n) is 10.2. The minimum atomic E-state index is -3.48. The highest BCUT2D eigenvalue weighted by Crippen LogP contribution is 2.28. The van der Waals surface area contributed by atoms with E-state index in [1.165, 1.54) is 4.31 Å². The van der Waals surface area contributed by atoms with Gasteiger partial charge in [-0.1, -0.05) is 12.1 Å². The SMILES string of the molecule is CCN(Cc1nc2ccccc2c(=O)[nH]1)C(=O)Cc1ccc(S(=O)(=O)N2CCCC2)s1. The molecule has 164 valence electrons. The van der Waals surface area contributed by atoms with E-state index in [1.54, 1.807) is 35.2 Å². The number of amides is 1. The van der Waals surface area contributed by atoms with Gasteiger partial charge in [-0.25, -0.2) is 13.4 Å². The molecule has 10 heteroatoms. The molecule has 1 N–H and O–H groups in total. The van der Waals surface area contributed by atoms with Crippen LogP contribution in [0.2, 0.25) is 0 Å². The van der Waals surface area contributed by atoms with E-state index in [0.717, 1.165) is 24.2 Å². The van der Waals surface area contributed by atoms with Crippen LogP contribution in [0.15, 0.2) is 45.4 Å². The second-order valence-corrected chi connectivity index (χ2v) is 10.8. The number of fused-ring (bicyclic) bond motifs is 1. The maximum absolute atomic E-state index is 12.9. The largest absolute Gasteiger partial charge is 0.335 e. The number of carbonyl (C=O) groups excluding carboxylic acids is 1. The summed E-state index contributed by atoms with van der Waals surface area (Å²) in [6.45, 7) is 3.58. The summed E-state index contributed by atoms with van der Waals surface area (Å²) in [6, 6.07) is 10.3. The number of sulfonamides is 1. The van der Waals surface area contributed by atoms with Crippen LogP contribution < -0.4 is 5.56 Å². The zero-order chi connectivity index (χ0) is 22.0. The summed E-state index contributed by atoms with van der Waals surface area (Å²) in [6.07, 6.45) is 1.87. The molecule has 0 atom stereocenters. The first-order valence-corrected chi connectivity index (χ1v) is 12.5. The van der Waals surface area contributed by atoms with Gasteiger partial charge in [0.05, 0.1) is 23.9 Å². The van der Waals surface area contributed by atoms with Crippen molar-refractivity contribution in [2.24, 2.45) is 0 Å². The fraction of sp³-hybridized carbons (Fsp3) is 0.381. The van der Waals surface area contributed by atoms with Gasteiger partial charge in [-0.3, -0.25) is 9.59 Å². The molecule has 1 saturated heterocycles. The Morgan fingerprint density at radius 1 is 1.19 bits per heavy atom. The van der Waals surface area contributed by atoms with Crippen molar-refractivity contribution in [3.05, 3.63) is 57.5 Å². The van der Waals surface area contributed by atoms with Crippen LogP contribution in [0.25, 0.3) is 10.9 Å². The first kappa shape index (κ1) is 21.7. The molecular weight excluding hydrogens is 436 g/mol. The van der Waals surface area contributed by atoms with E-state index in [9.17, 15) is 18.0 Å². The van der Waals surface area contributed by atoms with Crippen molar-refractivity contribution in [1.82, 2.24) is 19.2 Å². The average Bonchev–Trinajstić information content (AvgIpc) is 3.45. The van der Waals surface area contributed by atoms with Crippen molar-refractivity contribution in [1.29, 1.82) is 0 Å². The zero-order valence-electron chi connectivity index (χ0n) is 17.2. The second-order valence-electron chi connectivity index (χ2n) is 7.45. The molecule has 0 radical (unpaired) electrons. The molecule has 0 unspecified atom stereocenters. The average molecular weight is 461 g/mol. The monoisotopic (exact) mass is 460 g/mol. The Morgan fingerprint density at radius 2 is 1.94 bits per heavy atom. The van der Waals surface area contributed by atoms with Gasteiger partial charge in [0.15, 0.2) is 0 Å². The number of aromatic nitrogens is 2. The van der Waals surface area contributed by atoms with Crippen LogP contribution >= 0.6 is 11.3 Å². The molecule has 1 fully saturated rings. The maximum atomic E-state index is 12.9. The molecule has 3 heterocycles. The van der Waals surface area contributed by atoms with Crippen LogP contribution in [0, 0.1) is 0 Å². The van der Waals surface area contributed by atoms with Crippen molar-refractivity contribution in [3.63, 3.8) is 0 Å². The zero-order valence-corrected chi connectivity index (χ0v) is 18.8. The summed E-state index contributed by atoms with van der Waals surface area (Å²) >= 11 is 1.14.